The zero-order chi connectivity index (χ0) is 13.1. The molecule has 1 aromatic heterocycles. The summed E-state index contributed by atoms with van der Waals surface area (Å²) in [5.41, 5.74) is 7.87. The van der Waals surface area contributed by atoms with E-state index in [9.17, 15) is 0 Å². The summed E-state index contributed by atoms with van der Waals surface area (Å²) in [6.45, 7) is 3.33. The first-order valence-corrected chi connectivity index (χ1v) is 6.91. The molecule has 1 aromatic carbocycles. The number of aryl methyl sites for hydroxylation is 1. The highest BCUT2D eigenvalue weighted by atomic mass is 35.5. The Hall–Kier alpha value is -1.10. The van der Waals surface area contributed by atoms with Crippen molar-refractivity contribution in [3.05, 3.63) is 45.4 Å². The molecule has 1 heterocycles. The zero-order valence-corrected chi connectivity index (χ0v) is 12.1. The Morgan fingerprint density at radius 1 is 1.44 bits per heavy atom. The van der Waals surface area contributed by atoms with Gasteiger partial charge in [-0.05, 0) is 24.6 Å². The van der Waals surface area contributed by atoms with E-state index in [0.717, 1.165) is 27.3 Å². The van der Waals surface area contributed by atoms with Crippen LogP contribution in [-0.4, -0.2) is 12.0 Å². The number of nitrogens with two attached hydrogens (primary N) is 1. The van der Waals surface area contributed by atoms with Gasteiger partial charge >= 0.3 is 0 Å². The largest absolute Gasteiger partial charge is 0.347 e. The second-order valence-electron chi connectivity index (χ2n) is 4.20. The molecule has 0 aliphatic rings. The molecular formula is C13H16ClN3S. The van der Waals surface area contributed by atoms with Gasteiger partial charge in [0, 0.05) is 30.0 Å². The van der Waals surface area contributed by atoms with Crippen LogP contribution in [0.2, 0.25) is 5.02 Å². The van der Waals surface area contributed by atoms with Crippen LogP contribution in [-0.2, 0) is 13.1 Å². The lowest BCUT2D eigenvalue weighted by Gasteiger charge is -2.15. The molecule has 0 radical (unpaired) electrons. The summed E-state index contributed by atoms with van der Waals surface area (Å²) in [6.07, 6.45) is 0. The van der Waals surface area contributed by atoms with Crippen molar-refractivity contribution in [3.8, 4) is 0 Å². The van der Waals surface area contributed by atoms with Crippen LogP contribution in [0.15, 0.2) is 24.3 Å². The number of benzene rings is 1. The standard InChI is InChI=1S/C13H16ClN3S/c1-9-12(7-15)18-13(16-9)17(2)8-10-4-3-5-11(14)6-10/h3-6H,7-8,15H2,1-2H3. The van der Waals surface area contributed by atoms with Crippen molar-refractivity contribution in [2.24, 2.45) is 5.73 Å². The van der Waals surface area contributed by atoms with E-state index in [1.165, 1.54) is 5.56 Å². The van der Waals surface area contributed by atoms with Crippen molar-refractivity contribution in [2.45, 2.75) is 20.0 Å². The number of anilines is 1. The van der Waals surface area contributed by atoms with Gasteiger partial charge in [-0.3, -0.25) is 0 Å². The van der Waals surface area contributed by atoms with Crippen molar-refractivity contribution in [2.75, 3.05) is 11.9 Å². The number of hydrogen-bond acceptors (Lipinski definition) is 4. The molecule has 0 saturated heterocycles. The van der Waals surface area contributed by atoms with E-state index < -0.39 is 0 Å². The Kier molecular flexibility index (Phi) is 4.22. The first-order valence-electron chi connectivity index (χ1n) is 5.72. The maximum Gasteiger partial charge on any atom is 0.185 e. The Bertz CT molecular complexity index is 539. The van der Waals surface area contributed by atoms with Gasteiger partial charge in [-0.25, -0.2) is 4.98 Å². The second-order valence-corrected chi connectivity index (χ2v) is 5.69. The fourth-order valence-corrected chi connectivity index (χ4v) is 2.86. The third-order valence-electron chi connectivity index (χ3n) is 2.70. The van der Waals surface area contributed by atoms with Crippen LogP contribution in [0, 0.1) is 6.92 Å². The second kappa shape index (κ2) is 5.69. The monoisotopic (exact) mass is 281 g/mol. The Morgan fingerprint density at radius 2 is 2.22 bits per heavy atom. The molecule has 0 unspecified atom stereocenters. The molecule has 0 saturated carbocycles. The predicted molar refractivity (Wildman–Crippen MR) is 78.3 cm³/mol. The van der Waals surface area contributed by atoms with Gasteiger partial charge in [-0.2, -0.15) is 0 Å². The SMILES string of the molecule is Cc1nc(N(C)Cc2cccc(Cl)c2)sc1CN. The lowest BCUT2D eigenvalue weighted by atomic mass is 10.2. The average Bonchev–Trinajstić information content (AvgIpc) is 2.70. The summed E-state index contributed by atoms with van der Waals surface area (Å²) in [6, 6.07) is 7.88. The third kappa shape index (κ3) is 3.02. The highest BCUT2D eigenvalue weighted by molar-refractivity contribution is 7.15. The van der Waals surface area contributed by atoms with Gasteiger partial charge in [0.1, 0.15) is 0 Å². The number of thiazole rings is 1. The molecule has 0 atom stereocenters. The van der Waals surface area contributed by atoms with Crippen LogP contribution in [0.1, 0.15) is 16.1 Å². The fourth-order valence-electron chi connectivity index (χ4n) is 1.74. The summed E-state index contributed by atoms with van der Waals surface area (Å²) in [7, 11) is 2.03. The third-order valence-corrected chi connectivity index (χ3v) is 4.23. The average molecular weight is 282 g/mol. The molecule has 0 aliphatic carbocycles. The van der Waals surface area contributed by atoms with Gasteiger partial charge in [0.15, 0.2) is 5.13 Å². The maximum atomic E-state index is 5.98. The van der Waals surface area contributed by atoms with Gasteiger partial charge in [0.2, 0.25) is 0 Å². The van der Waals surface area contributed by atoms with Gasteiger partial charge in [0.05, 0.1) is 5.69 Å². The molecule has 18 heavy (non-hydrogen) atoms. The van der Waals surface area contributed by atoms with E-state index in [0.29, 0.717) is 6.54 Å². The highest BCUT2D eigenvalue weighted by Crippen LogP contribution is 2.26. The smallest absolute Gasteiger partial charge is 0.185 e. The van der Waals surface area contributed by atoms with Crippen LogP contribution >= 0.6 is 22.9 Å². The molecule has 0 fully saturated rings. The van der Waals surface area contributed by atoms with Gasteiger partial charge in [-0.1, -0.05) is 23.7 Å². The van der Waals surface area contributed by atoms with Crippen molar-refractivity contribution < 1.29 is 0 Å². The van der Waals surface area contributed by atoms with Gasteiger partial charge in [0.25, 0.3) is 0 Å². The molecule has 0 spiro atoms. The van der Waals surface area contributed by atoms with E-state index in [4.69, 9.17) is 17.3 Å². The maximum absolute atomic E-state index is 5.98. The summed E-state index contributed by atoms with van der Waals surface area (Å²) in [5, 5.41) is 1.76. The van der Waals surface area contributed by atoms with Crippen LogP contribution in [0.4, 0.5) is 5.13 Å². The lowest BCUT2D eigenvalue weighted by molar-refractivity contribution is 0.910. The lowest BCUT2D eigenvalue weighted by Crippen LogP contribution is -2.15. The normalized spacial score (nSPS) is 10.7. The Morgan fingerprint density at radius 3 is 2.83 bits per heavy atom. The van der Waals surface area contributed by atoms with Crippen LogP contribution < -0.4 is 10.6 Å². The van der Waals surface area contributed by atoms with Crippen LogP contribution in [0.25, 0.3) is 0 Å². The number of rotatable bonds is 4. The molecule has 0 aliphatic heterocycles. The van der Waals surface area contributed by atoms with E-state index in [1.54, 1.807) is 11.3 Å². The summed E-state index contributed by atoms with van der Waals surface area (Å²) in [5.74, 6) is 0. The van der Waals surface area contributed by atoms with E-state index in [2.05, 4.69) is 16.0 Å². The summed E-state index contributed by atoms with van der Waals surface area (Å²) in [4.78, 5) is 7.79. The first-order chi connectivity index (χ1) is 8.60. The van der Waals surface area contributed by atoms with E-state index in [1.807, 2.05) is 32.2 Å². The summed E-state index contributed by atoms with van der Waals surface area (Å²) >= 11 is 7.63. The fraction of sp³-hybridized carbons (Fsp3) is 0.308. The molecule has 3 nitrogen and oxygen atoms in total. The molecule has 0 bridgehead atoms. The first kappa shape index (κ1) is 13.3. The minimum atomic E-state index is 0.550. The minimum absolute atomic E-state index is 0.550. The van der Waals surface area contributed by atoms with Crippen molar-refractivity contribution >= 4 is 28.1 Å². The number of aromatic nitrogens is 1. The molecule has 2 N–H and O–H groups in total. The Balaban J connectivity index is 2.13. The van der Waals surface area contributed by atoms with Crippen LogP contribution in [0.3, 0.4) is 0 Å². The zero-order valence-electron chi connectivity index (χ0n) is 10.5. The number of halogens is 1. The van der Waals surface area contributed by atoms with E-state index in [-0.39, 0.29) is 0 Å². The van der Waals surface area contributed by atoms with E-state index >= 15 is 0 Å². The summed E-state index contributed by atoms with van der Waals surface area (Å²) < 4.78 is 0. The minimum Gasteiger partial charge on any atom is -0.347 e. The van der Waals surface area contributed by atoms with Crippen molar-refractivity contribution in [1.82, 2.24) is 4.98 Å². The Labute approximate surface area is 116 Å². The van der Waals surface area contributed by atoms with Gasteiger partial charge in [-0.15, -0.1) is 11.3 Å². The molecule has 2 aromatic rings. The highest BCUT2D eigenvalue weighted by Gasteiger charge is 2.10. The van der Waals surface area contributed by atoms with Gasteiger partial charge < -0.3 is 10.6 Å². The molecule has 96 valence electrons. The predicted octanol–water partition coefficient (Wildman–Crippen LogP) is 3.20. The molecular weight excluding hydrogens is 266 g/mol. The quantitative estimate of drug-likeness (QED) is 0.936. The van der Waals surface area contributed by atoms with Crippen molar-refractivity contribution in [3.63, 3.8) is 0 Å². The molecule has 0 amide bonds. The molecule has 5 heteroatoms. The van der Waals surface area contributed by atoms with Crippen molar-refractivity contribution in [1.29, 1.82) is 0 Å². The van der Waals surface area contributed by atoms with Crippen LogP contribution in [0.5, 0.6) is 0 Å². The topological polar surface area (TPSA) is 42.2 Å². The number of hydrogen-bond donors (Lipinski definition) is 1. The number of nitrogens with zero attached hydrogens (tertiary/aromatic N) is 2. The molecule has 2 rings (SSSR count).